The van der Waals surface area contributed by atoms with E-state index in [0.717, 1.165) is 23.4 Å². The Morgan fingerprint density at radius 1 is 1.38 bits per heavy atom. The second-order valence-electron chi connectivity index (χ2n) is 4.39. The first-order chi connectivity index (χ1) is 9.67. The number of rotatable bonds is 5. The van der Waals surface area contributed by atoms with E-state index in [9.17, 15) is 0 Å². The second-order valence-corrected chi connectivity index (χ2v) is 4.39. The van der Waals surface area contributed by atoms with Gasteiger partial charge in [0, 0.05) is 25.5 Å². The third-order valence-corrected chi connectivity index (χ3v) is 2.80. The van der Waals surface area contributed by atoms with E-state index < -0.39 is 0 Å². The van der Waals surface area contributed by atoms with Crippen molar-refractivity contribution >= 4 is 35.6 Å². The third-order valence-electron chi connectivity index (χ3n) is 2.80. The van der Waals surface area contributed by atoms with Gasteiger partial charge in [0.05, 0.1) is 13.3 Å². The van der Waals surface area contributed by atoms with Gasteiger partial charge in [0.25, 0.3) is 0 Å². The average molecular weight is 401 g/mol. The number of halogens is 1. The standard InChI is InChI=1S/C14H19N5O.HI/c1-19-10-11(9-17-19)7-8-16-14(15)18-12-3-5-13(20-2)6-4-12;/h3-6,9-10H,7-8H2,1-2H3,(H3,15,16,18);1H. The first-order valence-electron chi connectivity index (χ1n) is 6.36. The molecule has 0 aliphatic heterocycles. The van der Waals surface area contributed by atoms with Gasteiger partial charge in [-0.1, -0.05) is 0 Å². The molecule has 6 nitrogen and oxygen atoms in total. The minimum Gasteiger partial charge on any atom is -0.497 e. The zero-order valence-electron chi connectivity index (χ0n) is 12.1. The van der Waals surface area contributed by atoms with Crippen molar-refractivity contribution in [3.05, 3.63) is 42.2 Å². The zero-order valence-corrected chi connectivity index (χ0v) is 14.4. The van der Waals surface area contributed by atoms with Gasteiger partial charge in [0.2, 0.25) is 0 Å². The molecular formula is C14H20IN5O. The van der Waals surface area contributed by atoms with Crippen molar-refractivity contribution in [3.8, 4) is 5.75 Å². The molecule has 0 atom stereocenters. The number of methoxy groups -OCH3 is 1. The van der Waals surface area contributed by atoms with Gasteiger partial charge in [-0.05, 0) is 36.2 Å². The molecule has 1 heterocycles. The van der Waals surface area contributed by atoms with Gasteiger partial charge < -0.3 is 15.8 Å². The normalized spacial score (nSPS) is 10.9. The van der Waals surface area contributed by atoms with E-state index in [2.05, 4.69) is 15.4 Å². The summed E-state index contributed by atoms with van der Waals surface area (Å²) < 4.78 is 6.87. The van der Waals surface area contributed by atoms with Crippen molar-refractivity contribution in [2.75, 3.05) is 19.0 Å². The Hall–Kier alpha value is -1.77. The van der Waals surface area contributed by atoms with E-state index in [1.54, 1.807) is 11.8 Å². The predicted molar refractivity (Wildman–Crippen MR) is 95.4 cm³/mol. The molecule has 0 unspecified atom stereocenters. The minimum atomic E-state index is 0. The summed E-state index contributed by atoms with van der Waals surface area (Å²) in [5.74, 6) is 1.21. The lowest BCUT2D eigenvalue weighted by Crippen LogP contribution is -2.23. The molecular weight excluding hydrogens is 381 g/mol. The molecule has 1 aromatic carbocycles. The summed E-state index contributed by atoms with van der Waals surface area (Å²) in [4.78, 5) is 4.28. The summed E-state index contributed by atoms with van der Waals surface area (Å²) in [6.07, 6.45) is 4.63. The van der Waals surface area contributed by atoms with Crippen molar-refractivity contribution in [2.24, 2.45) is 17.8 Å². The van der Waals surface area contributed by atoms with Gasteiger partial charge in [-0.15, -0.1) is 24.0 Å². The first kappa shape index (κ1) is 17.3. The Balaban J connectivity index is 0.00000220. The maximum absolute atomic E-state index is 5.83. The summed E-state index contributed by atoms with van der Waals surface area (Å²) >= 11 is 0. The molecule has 2 aromatic rings. The number of anilines is 1. The summed E-state index contributed by atoms with van der Waals surface area (Å²) in [6.45, 7) is 0.626. The quantitative estimate of drug-likeness (QED) is 0.457. The molecule has 0 spiro atoms. The Morgan fingerprint density at radius 2 is 2.10 bits per heavy atom. The fourth-order valence-electron chi connectivity index (χ4n) is 1.77. The number of hydrogen-bond acceptors (Lipinski definition) is 3. The number of nitrogens with two attached hydrogens (primary N) is 1. The molecule has 0 aliphatic carbocycles. The van der Waals surface area contributed by atoms with Crippen LogP contribution in [-0.2, 0) is 13.5 Å². The molecule has 2 rings (SSSR count). The van der Waals surface area contributed by atoms with E-state index in [-0.39, 0.29) is 24.0 Å². The summed E-state index contributed by atoms with van der Waals surface area (Å²) in [5.41, 5.74) is 7.86. The van der Waals surface area contributed by atoms with Crippen LogP contribution in [0.15, 0.2) is 41.7 Å². The molecule has 0 bridgehead atoms. The highest BCUT2D eigenvalue weighted by Gasteiger charge is 1.98. The molecule has 21 heavy (non-hydrogen) atoms. The number of guanidine groups is 1. The summed E-state index contributed by atoms with van der Waals surface area (Å²) in [7, 11) is 3.53. The minimum absolute atomic E-state index is 0. The number of aromatic nitrogens is 2. The van der Waals surface area contributed by atoms with Crippen LogP contribution in [0.3, 0.4) is 0 Å². The number of benzene rings is 1. The molecule has 0 aliphatic rings. The highest BCUT2D eigenvalue weighted by molar-refractivity contribution is 14.0. The molecule has 7 heteroatoms. The van der Waals surface area contributed by atoms with Crippen molar-refractivity contribution in [2.45, 2.75) is 6.42 Å². The second kappa shape index (κ2) is 8.50. The van der Waals surface area contributed by atoms with Crippen LogP contribution in [0.25, 0.3) is 0 Å². The number of ether oxygens (including phenoxy) is 1. The van der Waals surface area contributed by atoms with E-state index in [1.807, 2.05) is 43.7 Å². The van der Waals surface area contributed by atoms with E-state index in [1.165, 1.54) is 0 Å². The number of nitrogens with zero attached hydrogens (tertiary/aromatic N) is 3. The fraction of sp³-hybridized carbons (Fsp3) is 0.286. The highest BCUT2D eigenvalue weighted by Crippen LogP contribution is 2.14. The van der Waals surface area contributed by atoms with Crippen LogP contribution in [0.1, 0.15) is 5.56 Å². The molecule has 0 saturated heterocycles. The van der Waals surface area contributed by atoms with Gasteiger partial charge in [-0.25, -0.2) is 0 Å². The number of aryl methyl sites for hydroxylation is 1. The molecule has 0 amide bonds. The van der Waals surface area contributed by atoms with Crippen LogP contribution >= 0.6 is 24.0 Å². The lowest BCUT2D eigenvalue weighted by atomic mass is 10.2. The van der Waals surface area contributed by atoms with Gasteiger partial charge in [-0.3, -0.25) is 9.67 Å². The van der Waals surface area contributed by atoms with Crippen LogP contribution < -0.4 is 15.8 Å². The summed E-state index contributed by atoms with van der Waals surface area (Å²) in [5, 5.41) is 7.14. The topological polar surface area (TPSA) is 77.5 Å². The summed E-state index contributed by atoms with van der Waals surface area (Å²) in [6, 6.07) is 7.52. The van der Waals surface area contributed by atoms with Crippen LogP contribution in [-0.4, -0.2) is 29.4 Å². The average Bonchev–Trinajstić information content (AvgIpc) is 2.85. The molecule has 114 valence electrons. The van der Waals surface area contributed by atoms with Crippen molar-refractivity contribution in [3.63, 3.8) is 0 Å². The molecule has 0 radical (unpaired) electrons. The Bertz CT molecular complexity index is 579. The highest BCUT2D eigenvalue weighted by atomic mass is 127. The van der Waals surface area contributed by atoms with Crippen molar-refractivity contribution in [1.29, 1.82) is 0 Å². The van der Waals surface area contributed by atoms with Crippen LogP contribution in [0.2, 0.25) is 0 Å². The largest absolute Gasteiger partial charge is 0.497 e. The van der Waals surface area contributed by atoms with Crippen LogP contribution in [0.4, 0.5) is 5.69 Å². The smallest absolute Gasteiger partial charge is 0.193 e. The Morgan fingerprint density at radius 3 is 2.67 bits per heavy atom. The molecule has 1 aromatic heterocycles. The Kier molecular flexibility index (Phi) is 7.00. The monoisotopic (exact) mass is 401 g/mol. The SMILES string of the molecule is COc1ccc(NC(N)=NCCc2cnn(C)c2)cc1.I. The van der Waals surface area contributed by atoms with Gasteiger partial charge in [-0.2, -0.15) is 5.10 Å². The van der Waals surface area contributed by atoms with E-state index in [4.69, 9.17) is 10.5 Å². The van der Waals surface area contributed by atoms with E-state index >= 15 is 0 Å². The molecule has 0 saturated carbocycles. The lowest BCUT2D eigenvalue weighted by molar-refractivity contribution is 0.415. The van der Waals surface area contributed by atoms with Gasteiger partial charge >= 0.3 is 0 Å². The zero-order chi connectivity index (χ0) is 14.4. The molecule has 3 N–H and O–H groups in total. The van der Waals surface area contributed by atoms with Crippen molar-refractivity contribution < 1.29 is 4.74 Å². The number of aliphatic imine (C=N–C) groups is 1. The maximum atomic E-state index is 5.83. The van der Waals surface area contributed by atoms with Gasteiger partial charge in [0.1, 0.15) is 5.75 Å². The number of hydrogen-bond donors (Lipinski definition) is 2. The molecule has 0 fully saturated rings. The van der Waals surface area contributed by atoms with Gasteiger partial charge in [0.15, 0.2) is 5.96 Å². The fourth-order valence-corrected chi connectivity index (χ4v) is 1.77. The maximum Gasteiger partial charge on any atom is 0.193 e. The predicted octanol–water partition coefficient (Wildman–Crippen LogP) is 2.02. The number of nitrogens with one attached hydrogen (secondary N) is 1. The van der Waals surface area contributed by atoms with Crippen LogP contribution in [0.5, 0.6) is 5.75 Å². The van der Waals surface area contributed by atoms with E-state index in [0.29, 0.717) is 12.5 Å². The first-order valence-corrected chi connectivity index (χ1v) is 6.36. The Labute approximate surface area is 141 Å². The van der Waals surface area contributed by atoms with Crippen LogP contribution in [0, 0.1) is 0 Å². The lowest BCUT2D eigenvalue weighted by Gasteiger charge is -2.06. The van der Waals surface area contributed by atoms with Crippen molar-refractivity contribution in [1.82, 2.24) is 9.78 Å². The third kappa shape index (κ3) is 5.62.